The van der Waals surface area contributed by atoms with Crippen molar-refractivity contribution in [3.8, 4) is 0 Å². The van der Waals surface area contributed by atoms with E-state index >= 15 is 0 Å². The molecule has 0 aromatic rings. The molecule has 3 heteroatoms. The van der Waals surface area contributed by atoms with Gasteiger partial charge in [0, 0.05) is 18.1 Å². The third-order valence-electron chi connectivity index (χ3n) is 4.66. The number of hydrogen-bond acceptors (Lipinski definition) is 3. The van der Waals surface area contributed by atoms with E-state index in [4.69, 9.17) is 5.11 Å². The number of nitrogens with one attached hydrogen (secondary N) is 1. The van der Waals surface area contributed by atoms with E-state index < -0.39 is 0 Å². The predicted octanol–water partition coefficient (Wildman–Crippen LogP) is 1.08. The van der Waals surface area contributed by atoms with Crippen LogP contribution in [-0.4, -0.2) is 48.3 Å². The maximum atomic E-state index is 8.88. The molecule has 1 unspecified atom stereocenters. The summed E-state index contributed by atoms with van der Waals surface area (Å²) in [5.41, 5.74) is 0.410. The van der Waals surface area contributed by atoms with Crippen molar-refractivity contribution in [1.82, 2.24) is 10.2 Å². The van der Waals surface area contributed by atoms with Gasteiger partial charge in [-0.25, -0.2) is 0 Å². The van der Waals surface area contributed by atoms with E-state index in [0.717, 1.165) is 13.0 Å². The first-order valence-electron chi connectivity index (χ1n) is 5.89. The van der Waals surface area contributed by atoms with Crippen molar-refractivity contribution in [2.45, 2.75) is 45.7 Å². The highest BCUT2D eigenvalue weighted by atomic mass is 16.3. The SMILES string of the molecule is CN1CCC(NCCO)C(C)(C)C1(C)C. The standard InChI is InChI=1S/C12H26N2O/c1-11(2)10(13-7-9-15)6-8-14(5)12(11,3)4/h10,13,15H,6-9H2,1-5H3. The molecule has 2 N–H and O–H groups in total. The van der Waals surface area contributed by atoms with E-state index in [1.807, 2.05) is 0 Å². The van der Waals surface area contributed by atoms with Crippen LogP contribution in [0.15, 0.2) is 0 Å². The Hall–Kier alpha value is -0.120. The molecule has 1 aliphatic heterocycles. The van der Waals surface area contributed by atoms with Gasteiger partial charge in [-0.2, -0.15) is 0 Å². The first-order valence-corrected chi connectivity index (χ1v) is 5.89. The van der Waals surface area contributed by atoms with Gasteiger partial charge >= 0.3 is 0 Å². The fourth-order valence-corrected chi connectivity index (χ4v) is 2.48. The molecule has 3 nitrogen and oxygen atoms in total. The predicted molar refractivity (Wildman–Crippen MR) is 64.0 cm³/mol. The van der Waals surface area contributed by atoms with E-state index in [2.05, 4.69) is 45.0 Å². The third kappa shape index (κ3) is 2.19. The van der Waals surface area contributed by atoms with E-state index in [9.17, 15) is 0 Å². The summed E-state index contributed by atoms with van der Waals surface area (Å²) in [5, 5.41) is 12.3. The molecule has 0 spiro atoms. The first kappa shape index (κ1) is 12.9. The molecule has 1 saturated heterocycles. The number of aliphatic hydroxyl groups is 1. The second-order valence-electron chi connectivity index (χ2n) is 5.72. The first-order chi connectivity index (χ1) is 6.84. The Kier molecular flexibility index (Phi) is 3.80. The fourth-order valence-electron chi connectivity index (χ4n) is 2.48. The van der Waals surface area contributed by atoms with Crippen molar-refractivity contribution >= 4 is 0 Å². The topological polar surface area (TPSA) is 35.5 Å². The summed E-state index contributed by atoms with van der Waals surface area (Å²) < 4.78 is 0. The van der Waals surface area contributed by atoms with Crippen LogP contribution >= 0.6 is 0 Å². The minimum atomic E-state index is 0.193. The van der Waals surface area contributed by atoms with Crippen molar-refractivity contribution in [3.05, 3.63) is 0 Å². The molecule has 0 radical (unpaired) electrons. The summed E-state index contributed by atoms with van der Waals surface area (Å²) in [7, 11) is 2.20. The Labute approximate surface area is 93.9 Å². The lowest BCUT2D eigenvalue weighted by molar-refractivity contribution is -0.0389. The molecule has 1 heterocycles. The Morgan fingerprint density at radius 1 is 1.33 bits per heavy atom. The van der Waals surface area contributed by atoms with E-state index in [-0.39, 0.29) is 17.6 Å². The van der Waals surface area contributed by atoms with Crippen LogP contribution in [0.4, 0.5) is 0 Å². The highest BCUT2D eigenvalue weighted by molar-refractivity contribution is 5.04. The Balaban J connectivity index is 2.76. The van der Waals surface area contributed by atoms with Crippen LogP contribution in [0.2, 0.25) is 0 Å². The Bertz CT molecular complexity index is 212. The lowest BCUT2D eigenvalue weighted by Crippen LogP contribution is -2.65. The third-order valence-corrected chi connectivity index (χ3v) is 4.66. The molecule has 0 aromatic heterocycles. The van der Waals surface area contributed by atoms with Crippen LogP contribution < -0.4 is 5.32 Å². The van der Waals surface area contributed by atoms with Gasteiger partial charge in [0.2, 0.25) is 0 Å². The number of piperidine rings is 1. The summed E-state index contributed by atoms with van der Waals surface area (Å²) in [5.74, 6) is 0. The highest BCUT2D eigenvalue weighted by Gasteiger charge is 2.48. The molecule has 1 atom stereocenters. The minimum Gasteiger partial charge on any atom is -0.395 e. The summed E-state index contributed by atoms with van der Waals surface area (Å²) in [6, 6.07) is 0.496. The maximum Gasteiger partial charge on any atom is 0.0556 e. The molecule has 1 fully saturated rings. The van der Waals surface area contributed by atoms with Crippen molar-refractivity contribution < 1.29 is 5.11 Å². The lowest BCUT2D eigenvalue weighted by Gasteiger charge is -2.56. The Morgan fingerprint density at radius 3 is 2.47 bits per heavy atom. The van der Waals surface area contributed by atoms with E-state index in [1.165, 1.54) is 0 Å². The maximum absolute atomic E-state index is 8.88. The van der Waals surface area contributed by atoms with Gasteiger partial charge in [0.1, 0.15) is 0 Å². The molecular formula is C12H26N2O. The van der Waals surface area contributed by atoms with Crippen LogP contribution in [0, 0.1) is 5.41 Å². The normalized spacial score (nSPS) is 30.4. The van der Waals surface area contributed by atoms with Gasteiger partial charge < -0.3 is 15.3 Å². The fraction of sp³-hybridized carbons (Fsp3) is 1.00. The van der Waals surface area contributed by atoms with Crippen molar-refractivity contribution in [2.75, 3.05) is 26.7 Å². The number of likely N-dealkylation sites (tertiary alicyclic amines) is 1. The second kappa shape index (κ2) is 4.40. The average molecular weight is 214 g/mol. The smallest absolute Gasteiger partial charge is 0.0556 e. The average Bonchev–Trinajstić information content (AvgIpc) is 2.14. The lowest BCUT2D eigenvalue weighted by atomic mass is 9.65. The van der Waals surface area contributed by atoms with Gasteiger partial charge in [-0.15, -0.1) is 0 Å². The molecule has 0 amide bonds. The number of rotatable bonds is 3. The number of nitrogens with zero attached hydrogens (tertiary/aromatic N) is 1. The Morgan fingerprint density at radius 2 is 1.93 bits per heavy atom. The second-order valence-corrected chi connectivity index (χ2v) is 5.72. The van der Waals surface area contributed by atoms with Crippen LogP contribution in [0.1, 0.15) is 34.1 Å². The molecule has 15 heavy (non-hydrogen) atoms. The molecule has 0 bridgehead atoms. The van der Waals surface area contributed by atoms with Gasteiger partial charge in [-0.1, -0.05) is 13.8 Å². The van der Waals surface area contributed by atoms with Gasteiger partial charge in [-0.05, 0) is 39.3 Å². The van der Waals surface area contributed by atoms with E-state index in [1.54, 1.807) is 0 Å². The molecular weight excluding hydrogens is 188 g/mol. The largest absolute Gasteiger partial charge is 0.395 e. The van der Waals surface area contributed by atoms with E-state index in [0.29, 0.717) is 12.6 Å². The van der Waals surface area contributed by atoms with Crippen LogP contribution in [0.5, 0.6) is 0 Å². The minimum absolute atomic E-state index is 0.193. The zero-order valence-electron chi connectivity index (χ0n) is 10.8. The molecule has 90 valence electrons. The summed E-state index contributed by atoms with van der Waals surface area (Å²) >= 11 is 0. The van der Waals surface area contributed by atoms with Crippen molar-refractivity contribution in [1.29, 1.82) is 0 Å². The number of hydrogen-bond donors (Lipinski definition) is 2. The van der Waals surface area contributed by atoms with Gasteiger partial charge in [-0.3, -0.25) is 0 Å². The molecule has 0 aliphatic carbocycles. The zero-order chi connectivity index (χ0) is 11.7. The van der Waals surface area contributed by atoms with Crippen LogP contribution in [0.3, 0.4) is 0 Å². The monoisotopic (exact) mass is 214 g/mol. The van der Waals surface area contributed by atoms with Crippen molar-refractivity contribution in [3.63, 3.8) is 0 Å². The van der Waals surface area contributed by atoms with Gasteiger partial charge in [0.15, 0.2) is 0 Å². The van der Waals surface area contributed by atoms with Crippen LogP contribution in [0.25, 0.3) is 0 Å². The highest BCUT2D eigenvalue weighted by Crippen LogP contribution is 2.42. The molecule has 1 rings (SSSR count). The summed E-state index contributed by atoms with van der Waals surface area (Å²) in [6.07, 6.45) is 1.16. The molecule has 0 saturated carbocycles. The zero-order valence-corrected chi connectivity index (χ0v) is 10.8. The summed E-state index contributed by atoms with van der Waals surface area (Å²) in [4.78, 5) is 2.43. The molecule has 1 aliphatic rings. The van der Waals surface area contributed by atoms with Crippen molar-refractivity contribution in [2.24, 2.45) is 5.41 Å². The quantitative estimate of drug-likeness (QED) is 0.738. The van der Waals surface area contributed by atoms with Gasteiger partial charge in [0.25, 0.3) is 0 Å². The van der Waals surface area contributed by atoms with Gasteiger partial charge in [0.05, 0.1) is 6.61 Å². The van der Waals surface area contributed by atoms with Crippen LogP contribution in [-0.2, 0) is 0 Å². The number of aliphatic hydroxyl groups excluding tert-OH is 1. The summed E-state index contributed by atoms with van der Waals surface area (Å²) in [6.45, 7) is 11.3. The molecule has 0 aromatic carbocycles.